The number of fused-ring (bicyclic) bond motifs is 2. The number of hydrogen-bond donors (Lipinski definition) is 0. The highest BCUT2D eigenvalue weighted by molar-refractivity contribution is 5.96. The van der Waals surface area contributed by atoms with Crippen molar-refractivity contribution in [3.8, 4) is 11.5 Å². The van der Waals surface area contributed by atoms with E-state index >= 15 is 0 Å². The predicted octanol–water partition coefficient (Wildman–Crippen LogP) is 4.20. The summed E-state index contributed by atoms with van der Waals surface area (Å²) in [4.78, 5) is 36.9. The average molecular weight is 480 g/mol. The lowest BCUT2D eigenvalue weighted by molar-refractivity contribution is -0.144. The van der Waals surface area contributed by atoms with E-state index in [9.17, 15) is 14.4 Å². The molecule has 0 radical (unpaired) electrons. The number of rotatable bonds is 9. The molecule has 4 rings (SSSR count). The third kappa shape index (κ3) is 5.36. The molecule has 0 spiro atoms. The number of para-hydroxylation sites is 1. The molecule has 9 nitrogen and oxygen atoms in total. The molecule has 2 aromatic heterocycles. The third-order valence-electron chi connectivity index (χ3n) is 5.41. The number of hydrogen-bond acceptors (Lipinski definition) is 9. The molecular formula is C26H24O9. The maximum atomic E-state index is 13.0. The summed E-state index contributed by atoms with van der Waals surface area (Å²) in [6.07, 6.45) is 0.286. The maximum Gasteiger partial charge on any atom is 0.379 e. The van der Waals surface area contributed by atoms with Crippen LogP contribution in [0.5, 0.6) is 11.5 Å². The van der Waals surface area contributed by atoms with E-state index in [0.29, 0.717) is 39.8 Å². The van der Waals surface area contributed by atoms with Crippen molar-refractivity contribution < 1.29 is 37.4 Å². The first kappa shape index (κ1) is 24.0. The van der Waals surface area contributed by atoms with Crippen LogP contribution in [0.4, 0.5) is 0 Å². The third-order valence-corrected chi connectivity index (χ3v) is 5.41. The minimum atomic E-state index is -0.749. The van der Waals surface area contributed by atoms with E-state index < -0.39 is 17.6 Å². The Hall–Kier alpha value is -4.11. The van der Waals surface area contributed by atoms with Gasteiger partial charge in [0.25, 0.3) is 0 Å². The minimum Gasteiger partial charge on any atom is -0.493 e. The van der Waals surface area contributed by atoms with Gasteiger partial charge >= 0.3 is 17.6 Å². The van der Waals surface area contributed by atoms with E-state index in [1.165, 1.54) is 26.4 Å². The van der Waals surface area contributed by atoms with Crippen LogP contribution in [0.3, 0.4) is 0 Å². The molecule has 0 aliphatic heterocycles. The van der Waals surface area contributed by atoms with E-state index in [4.69, 9.17) is 27.8 Å². The standard InChI is InChI=1S/C26H24O9/c1-15-11-24(28)33-21-14-20(16(12-18(15)21)7-8-23(27)32-10-9-30-2)35-26(29)22-13-17-5-4-6-19(31-3)25(17)34-22/h4-6,11-14H,7-10H2,1-3H3. The van der Waals surface area contributed by atoms with Gasteiger partial charge in [-0.25, -0.2) is 9.59 Å². The molecule has 0 unspecified atom stereocenters. The zero-order chi connectivity index (χ0) is 24.9. The van der Waals surface area contributed by atoms with E-state index in [1.807, 2.05) is 0 Å². The summed E-state index contributed by atoms with van der Waals surface area (Å²) in [6.45, 7) is 2.22. The molecule has 0 saturated carbocycles. The molecule has 2 heterocycles. The average Bonchev–Trinajstić information content (AvgIpc) is 3.28. The fourth-order valence-electron chi connectivity index (χ4n) is 3.68. The summed E-state index contributed by atoms with van der Waals surface area (Å²) in [5, 5.41) is 1.34. The molecule has 0 bridgehead atoms. The van der Waals surface area contributed by atoms with Crippen molar-refractivity contribution in [2.45, 2.75) is 19.8 Å². The van der Waals surface area contributed by atoms with Gasteiger partial charge in [-0.2, -0.15) is 0 Å². The summed E-state index contributed by atoms with van der Waals surface area (Å²) in [5.74, 6) is -0.563. The molecule has 0 aliphatic rings. The Morgan fingerprint density at radius 2 is 1.80 bits per heavy atom. The van der Waals surface area contributed by atoms with Gasteiger partial charge in [-0.3, -0.25) is 4.79 Å². The number of aryl methyl sites for hydroxylation is 2. The van der Waals surface area contributed by atoms with Gasteiger partial charge < -0.3 is 27.8 Å². The van der Waals surface area contributed by atoms with Gasteiger partial charge in [0.15, 0.2) is 11.3 Å². The highest BCUT2D eigenvalue weighted by atomic mass is 16.6. The zero-order valence-electron chi connectivity index (χ0n) is 19.5. The van der Waals surface area contributed by atoms with Crippen LogP contribution in [-0.2, 0) is 20.7 Å². The molecule has 0 aliphatic carbocycles. The summed E-state index contributed by atoms with van der Waals surface area (Å²) in [7, 11) is 3.02. The topological polar surface area (TPSA) is 114 Å². The van der Waals surface area contributed by atoms with Crippen molar-refractivity contribution in [2.24, 2.45) is 0 Å². The number of benzene rings is 2. The van der Waals surface area contributed by atoms with Crippen LogP contribution in [0.25, 0.3) is 21.9 Å². The van der Waals surface area contributed by atoms with Crippen molar-refractivity contribution in [3.63, 3.8) is 0 Å². The number of carbonyl (C=O) groups excluding carboxylic acids is 2. The van der Waals surface area contributed by atoms with Crippen LogP contribution in [0.1, 0.15) is 28.1 Å². The number of carbonyl (C=O) groups is 2. The molecule has 35 heavy (non-hydrogen) atoms. The minimum absolute atomic E-state index is 0.0276. The van der Waals surface area contributed by atoms with Gasteiger partial charge in [-0.05, 0) is 42.7 Å². The lowest BCUT2D eigenvalue weighted by Gasteiger charge is -2.12. The largest absolute Gasteiger partial charge is 0.493 e. The Balaban J connectivity index is 1.65. The fraction of sp³-hybridized carbons (Fsp3) is 0.269. The normalized spacial score (nSPS) is 11.1. The van der Waals surface area contributed by atoms with Crippen molar-refractivity contribution in [1.82, 2.24) is 0 Å². The van der Waals surface area contributed by atoms with E-state index in [2.05, 4.69) is 0 Å². The molecule has 0 N–H and O–H groups in total. The highest BCUT2D eigenvalue weighted by Gasteiger charge is 2.20. The smallest absolute Gasteiger partial charge is 0.379 e. The van der Waals surface area contributed by atoms with Crippen molar-refractivity contribution in [2.75, 3.05) is 27.4 Å². The lowest BCUT2D eigenvalue weighted by atomic mass is 10.0. The first-order valence-electron chi connectivity index (χ1n) is 10.9. The lowest BCUT2D eigenvalue weighted by Crippen LogP contribution is -2.12. The van der Waals surface area contributed by atoms with Gasteiger partial charge in [-0.15, -0.1) is 0 Å². The molecule has 182 valence electrons. The second kappa shape index (κ2) is 10.4. The monoisotopic (exact) mass is 480 g/mol. The number of ether oxygens (including phenoxy) is 4. The first-order valence-corrected chi connectivity index (χ1v) is 10.9. The van der Waals surface area contributed by atoms with E-state index in [1.54, 1.807) is 37.3 Å². The van der Waals surface area contributed by atoms with Crippen molar-refractivity contribution in [1.29, 1.82) is 0 Å². The Morgan fingerprint density at radius 1 is 0.971 bits per heavy atom. The maximum absolute atomic E-state index is 13.0. The van der Waals surface area contributed by atoms with Crippen LogP contribution < -0.4 is 15.1 Å². The van der Waals surface area contributed by atoms with Crippen molar-refractivity contribution >= 4 is 33.9 Å². The quantitative estimate of drug-likeness (QED) is 0.150. The second-order valence-corrected chi connectivity index (χ2v) is 7.80. The molecule has 0 atom stereocenters. The van der Waals surface area contributed by atoms with Crippen LogP contribution in [0.2, 0.25) is 0 Å². The molecule has 0 fully saturated rings. The van der Waals surface area contributed by atoms with Gasteiger partial charge in [0, 0.05) is 36.4 Å². The molecule has 9 heteroatoms. The number of esters is 2. The zero-order valence-corrected chi connectivity index (χ0v) is 19.5. The Morgan fingerprint density at radius 3 is 2.57 bits per heavy atom. The van der Waals surface area contributed by atoms with Crippen LogP contribution in [0.15, 0.2) is 56.1 Å². The molecule has 2 aromatic carbocycles. The molecule has 0 saturated heterocycles. The van der Waals surface area contributed by atoms with E-state index in [-0.39, 0.29) is 36.5 Å². The molecule has 4 aromatic rings. The fourth-order valence-corrected chi connectivity index (χ4v) is 3.68. The second-order valence-electron chi connectivity index (χ2n) is 7.80. The Kier molecular flexibility index (Phi) is 7.17. The van der Waals surface area contributed by atoms with Crippen LogP contribution in [-0.4, -0.2) is 39.4 Å². The van der Waals surface area contributed by atoms with Crippen LogP contribution >= 0.6 is 0 Å². The van der Waals surface area contributed by atoms with Gasteiger partial charge in [0.2, 0.25) is 5.76 Å². The molecular weight excluding hydrogens is 456 g/mol. The Bertz CT molecular complexity index is 1440. The number of furan rings is 1. The summed E-state index contributed by atoms with van der Waals surface area (Å²) in [5.41, 5.74) is 1.42. The summed E-state index contributed by atoms with van der Waals surface area (Å²) < 4.78 is 31.9. The first-order chi connectivity index (χ1) is 16.9. The van der Waals surface area contributed by atoms with Gasteiger partial charge in [0.1, 0.15) is 17.9 Å². The van der Waals surface area contributed by atoms with Gasteiger partial charge in [-0.1, -0.05) is 12.1 Å². The molecule has 0 amide bonds. The highest BCUT2D eigenvalue weighted by Crippen LogP contribution is 2.31. The van der Waals surface area contributed by atoms with Crippen LogP contribution in [0, 0.1) is 6.92 Å². The SMILES string of the molecule is COCCOC(=O)CCc1cc2c(C)cc(=O)oc2cc1OC(=O)c1cc2cccc(OC)c2o1. The predicted molar refractivity (Wildman–Crippen MR) is 126 cm³/mol. The van der Waals surface area contributed by atoms with Crippen molar-refractivity contribution in [3.05, 3.63) is 69.8 Å². The summed E-state index contributed by atoms with van der Waals surface area (Å²) >= 11 is 0. The Labute approximate surface area is 200 Å². The van der Waals surface area contributed by atoms with Gasteiger partial charge in [0.05, 0.1) is 13.7 Å². The van der Waals surface area contributed by atoms with E-state index in [0.717, 1.165) is 0 Å². The summed E-state index contributed by atoms with van der Waals surface area (Å²) in [6, 6.07) is 11.4. The number of methoxy groups -OCH3 is 2.